The number of epoxide rings is 1. The quantitative estimate of drug-likeness (QED) is 0.573. The molecule has 0 radical (unpaired) electrons. The van der Waals surface area contributed by atoms with Crippen LogP contribution in [0.15, 0.2) is 0 Å². The molecular weight excluding hydrogens is 372 g/mol. The summed E-state index contributed by atoms with van der Waals surface area (Å²) >= 11 is 0. The van der Waals surface area contributed by atoms with Crippen LogP contribution in [0.5, 0.6) is 0 Å². The summed E-state index contributed by atoms with van der Waals surface area (Å²) in [4.78, 5) is 23.1. The number of ether oxygens (including phenoxy) is 3. The van der Waals surface area contributed by atoms with Crippen molar-refractivity contribution in [2.75, 3.05) is 6.61 Å². The van der Waals surface area contributed by atoms with E-state index in [1.165, 1.54) is 13.8 Å². The zero-order chi connectivity index (χ0) is 20.6. The van der Waals surface area contributed by atoms with Crippen molar-refractivity contribution in [2.45, 2.75) is 96.1 Å². The molecule has 0 aromatic rings. The molecule has 162 valence electrons. The van der Waals surface area contributed by atoms with Gasteiger partial charge in [0.1, 0.15) is 17.8 Å². The maximum Gasteiger partial charge on any atom is 0.302 e. The number of carbonyl (C=O) groups is 2. The molecule has 1 aliphatic heterocycles. The Morgan fingerprint density at radius 2 is 1.76 bits per heavy atom. The van der Waals surface area contributed by atoms with E-state index < -0.39 is 0 Å². The fourth-order valence-electron chi connectivity index (χ4n) is 8.42. The molecule has 1 saturated heterocycles. The van der Waals surface area contributed by atoms with Crippen LogP contribution in [-0.2, 0) is 23.8 Å². The van der Waals surface area contributed by atoms with Gasteiger partial charge in [-0.25, -0.2) is 0 Å². The Morgan fingerprint density at radius 3 is 2.45 bits per heavy atom. The third-order valence-corrected chi connectivity index (χ3v) is 9.59. The van der Waals surface area contributed by atoms with Crippen LogP contribution in [-0.4, -0.2) is 47.6 Å². The van der Waals surface area contributed by atoms with E-state index in [9.17, 15) is 14.7 Å². The zero-order valence-electron chi connectivity index (χ0n) is 17.8. The van der Waals surface area contributed by atoms with Gasteiger partial charge in [0.25, 0.3) is 0 Å². The summed E-state index contributed by atoms with van der Waals surface area (Å²) in [6.07, 6.45) is 7.72. The van der Waals surface area contributed by atoms with Crippen LogP contribution < -0.4 is 0 Å². The molecule has 9 atom stereocenters. The number of aliphatic hydroxyl groups is 1. The number of fused-ring (bicyclic) bond motifs is 3. The Bertz CT molecular complexity index is 722. The smallest absolute Gasteiger partial charge is 0.302 e. The molecule has 0 bridgehead atoms. The lowest BCUT2D eigenvalue weighted by atomic mass is 9.44. The molecule has 1 N–H and O–H groups in total. The SMILES string of the molecule is CC(=O)OC1CCC2(CO)C(CCC3C2CCC2(C)C(OC(C)=O)CC4OC432)C1. The van der Waals surface area contributed by atoms with Crippen molar-refractivity contribution in [1.82, 2.24) is 0 Å². The van der Waals surface area contributed by atoms with E-state index in [2.05, 4.69) is 6.92 Å². The Labute approximate surface area is 172 Å². The van der Waals surface area contributed by atoms with Crippen molar-refractivity contribution in [3.63, 3.8) is 0 Å². The molecule has 1 heterocycles. The van der Waals surface area contributed by atoms with Gasteiger partial charge in [-0.05, 0) is 68.1 Å². The van der Waals surface area contributed by atoms with Gasteiger partial charge in [-0.1, -0.05) is 6.92 Å². The first kappa shape index (κ1) is 19.8. The summed E-state index contributed by atoms with van der Waals surface area (Å²) in [6.45, 7) is 5.45. The van der Waals surface area contributed by atoms with Crippen molar-refractivity contribution in [3.8, 4) is 0 Å². The molecule has 5 fully saturated rings. The number of hydrogen-bond donors (Lipinski definition) is 1. The summed E-state index contributed by atoms with van der Waals surface area (Å²) in [7, 11) is 0. The molecule has 0 aromatic heterocycles. The Hall–Kier alpha value is -1.14. The highest BCUT2D eigenvalue weighted by Gasteiger charge is 2.81. The van der Waals surface area contributed by atoms with Crippen LogP contribution in [0.25, 0.3) is 0 Å². The second-order valence-corrected chi connectivity index (χ2v) is 10.6. The predicted octanol–water partition coefficient (Wildman–Crippen LogP) is 3.00. The number of carbonyl (C=O) groups excluding carboxylic acids is 2. The first-order valence-corrected chi connectivity index (χ1v) is 11.4. The predicted molar refractivity (Wildman–Crippen MR) is 104 cm³/mol. The minimum atomic E-state index is -0.204. The van der Waals surface area contributed by atoms with Gasteiger partial charge in [0.05, 0.1) is 6.10 Å². The average Bonchev–Trinajstić information content (AvgIpc) is 3.32. The van der Waals surface area contributed by atoms with Crippen LogP contribution in [0.1, 0.15) is 72.1 Å². The van der Waals surface area contributed by atoms with Crippen molar-refractivity contribution in [2.24, 2.45) is 28.6 Å². The molecule has 29 heavy (non-hydrogen) atoms. The van der Waals surface area contributed by atoms with Crippen LogP contribution in [0.2, 0.25) is 0 Å². The van der Waals surface area contributed by atoms with Crippen LogP contribution in [0, 0.1) is 28.6 Å². The average molecular weight is 407 g/mol. The highest BCUT2D eigenvalue weighted by Crippen LogP contribution is 2.75. The second kappa shape index (κ2) is 6.43. The summed E-state index contributed by atoms with van der Waals surface area (Å²) in [5, 5.41) is 10.6. The lowest BCUT2D eigenvalue weighted by molar-refractivity contribution is -0.189. The highest BCUT2D eigenvalue weighted by molar-refractivity contribution is 5.66. The molecule has 6 heteroatoms. The summed E-state index contributed by atoms with van der Waals surface area (Å²) in [6, 6.07) is 0. The van der Waals surface area contributed by atoms with Crippen molar-refractivity contribution in [3.05, 3.63) is 0 Å². The maximum absolute atomic E-state index is 11.7. The largest absolute Gasteiger partial charge is 0.463 e. The van der Waals surface area contributed by atoms with E-state index in [0.717, 1.165) is 51.4 Å². The third-order valence-electron chi connectivity index (χ3n) is 9.59. The molecule has 1 spiro atoms. The van der Waals surface area contributed by atoms with E-state index >= 15 is 0 Å². The van der Waals surface area contributed by atoms with Gasteiger partial charge in [-0.15, -0.1) is 0 Å². The second-order valence-electron chi connectivity index (χ2n) is 10.6. The molecule has 4 saturated carbocycles. The van der Waals surface area contributed by atoms with E-state index in [4.69, 9.17) is 14.2 Å². The van der Waals surface area contributed by atoms with Crippen LogP contribution >= 0.6 is 0 Å². The Morgan fingerprint density at radius 1 is 1.00 bits per heavy atom. The Kier molecular flexibility index (Phi) is 4.39. The number of aliphatic hydroxyl groups excluding tert-OH is 1. The fraction of sp³-hybridized carbons (Fsp3) is 0.913. The minimum absolute atomic E-state index is 0.00880. The van der Waals surface area contributed by atoms with Gasteiger partial charge in [-0.3, -0.25) is 9.59 Å². The number of rotatable bonds is 3. The first-order valence-electron chi connectivity index (χ1n) is 11.4. The van der Waals surface area contributed by atoms with Crippen LogP contribution in [0.3, 0.4) is 0 Å². The molecule has 5 rings (SSSR count). The number of esters is 2. The first-order chi connectivity index (χ1) is 13.8. The van der Waals surface area contributed by atoms with Gasteiger partial charge in [0.2, 0.25) is 0 Å². The van der Waals surface area contributed by atoms with Crippen molar-refractivity contribution < 1.29 is 28.9 Å². The summed E-state index contributed by atoms with van der Waals surface area (Å²) in [5.41, 5.74) is -0.398. The van der Waals surface area contributed by atoms with Gasteiger partial charge < -0.3 is 19.3 Å². The molecular formula is C23H34O6. The maximum atomic E-state index is 11.7. The lowest BCUT2D eigenvalue weighted by Gasteiger charge is -2.61. The summed E-state index contributed by atoms with van der Waals surface area (Å²) < 4.78 is 17.7. The van der Waals surface area contributed by atoms with Crippen LogP contribution in [0.4, 0.5) is 0 Å². The molecule has 6 nitrogen and oxygen atoms in total. The fourth-order valence-corrected chi connectivity index (χ4v) is 8.42. The molecule has 5 aliphatic rings. The summed E-state index contributed by atoms with van der Waals surface area (Å²) in [5.74, 6) is 0.841. The van der Waals surface area contributed by atoms with E-state index in [-0.39, 0.29) is 53.3 Å². The normalized spacial score (nSPS) is 52.4. The monoisotopic (exact) mass is 406 g/mol. The van der Waals surface area contributed by atoms with E-state index in [1.54, 1.807) is 0 Å². The molecule has 4 aliphatic carbocycles. The van der Waals surface area contributed by atoms with Gasteiger partial charge >= 0.3 is 11.9 Å². The van der Waals surface area contributed by atoms with E-state index in [0.29, 0.717) is 17.8 Å². The molecule has 0 amide bonds. The zero-order valence-corrected chi connectivity index (χ0v) is 17.8. The van der Waals surface area contributed by atoms with Gasteiger partial charge in [0.15, 0.2) is 0 Å². The molecule has 0 aromatic carbocycles. The highest BCUT2D eigenvalue weighted by atomic mass is 16.6. The van der Waals surface area contributed by atoms with Crippen molar-refractivity contribution >= 4 is 11.9 Å². The number of hydrogen-bond acceptors (Lipinski definition) is 6. The van der Waals surface area contributed by atoms with E-state index in [1.807, 2.05) is 0 Å². The topological polar surface area (TPSA) is 85.4 Å². The minimum Gasteiger partial charge on any atom is -0.463 e. The standard InChI is InChI=1S/C23H34O6/c1-13(25)27-16-6-9-22(12-24)15(10-16)4-5-18-17(22)7-8-21(3)19(28-14(2)26)11-20-23(18,21)29-20/h15-20,24H,4-12H2,1-3H3. The lowest BCUT2D eigenvalue weighted by Crippen LogP contribution is -2.61. The third kappa shape index (κ3) is 2.54. The van der Waals surface area contributed by atoms with Gasteiger partial charge in [-0.2, -0.15) is 0 Å². The Balaban J connectivity index is 1.42. The molecule has 9 unspecified atom stereocenters. The van der Waals surface area contributed by atoms with Crippen molar-refractivity contribution in [1.29, 1.82) is 0 Å². The van der Waals surface area contributed by atoms with Gasteiger partial charge in [0, 0.05) is 32.3 Å².